The van der Waals surface area contributed by atoms with Crippen molar-refractivity contribution in [1.82, 2.24) is 20.3 Å². The summed E-state index contributed by atoms with van der Waals surface area (Å²) < 4.78 is 0. The van der Waals surface area contributed by atoms with E-state index in [1.54, 1.807) is 0 Å². The molecular formula is C11H17N5. The molecule has 0 fully saturated rings. The molecule has 0 aliphatic rings. The Balaban J connectivity index is 2.44. The summed E-state index contributed by atoms with van der Waals surface area (Å²) in [7, 11) is 3.96. The molecule has 1 atom stereocenters. The highest BCUT2D eigenvalue weighted by Gasteiger charge is 2.12. The topological polar surface area (TPSA) is 70.0 Å². The number of benzene rings is 1. The van der Waals surface area contributed by atoms with Gasteiger partial charge in [-0.15, -0.1) is 0 Å². The van der Waals surface area contributed by atoms with E-state index in [4.69, 9.17) is 5.84 Å². The highest BCUT2D eigenvalue weighted by atomic mass is 15.4. The molecule has 16 heavy (non-hydrogen) atoms. The fourth-order valence-corrected chi connectivity index (χ4v) is 1.87. The summed E-state index contributed by atoms with van der Waals surface area (Å²) >= 11 is 0. The number of nitrogens with one attached hydrogen (secondary N) is 2. The lowest BCUT2D eigenvalue weighted by molar-refractivity contribution is 0.253. The smallest absolute Gasteiger partial charge is 0.104 e. The van der Waals surface area contributed by atoms with Gasteiger partial charge in [0.05, 0.1) is 17.2 Å². The number of H-pyrrole nitrogens is 1. The molecule has 0 spiro atoms. The molecule has 2 rings (SSSR count). The fourth-order valence-electron chi connectivity index (χ4n) is 1.87. The Morgan fingerprint density at radius 3 is 2.81 bits per heavy atom. The van der Waals surface area contributed by atoms with Crippen molar-refractivity contribution in [2.24, 2.45) is 5.84 Å². The van der Waals surface area contributed by atoms with Crippen molar-refractivity contribution in [3.63, 3.8) is 0 Å². The number of hydrazine groups is 1. The molecule has 1 unspecified atom stereocenters. The van der Waals surface area contributed by atoms with Crippen molar-refractivity contribution in [1.29, 1.82) is 0 Å². The average molecular weight is 219 g/mol. The van der Waals surface area contributed by atoms with Crippen molar-refractivity contribution in [2.75, 3.05) is 14.1 Å². The van der Waals surface area contributed by atoms with Crippen LogP contribution in [-0.2, 0) is 0 Å². The molecule has 0 aliphatic carbocycles. The molecule has 5 heteroatoms. The van der Waals surface area contributed by atoms with E-state index in [2.05, 4.69) is 21.5 Å². The van der Waals surface area contributed by atoms with Gasteiger partial charge in [-0.2, -0.15) is 0 Å². The minimum atomic E-state index is 0.00741. The van der Waals surface area contributed by atoms with Crippen molar-refractivity contribution in [3.8, 4) is 0 Å². The van der Waals surface area contributed by atoms with Gasteiger partial charge in [0, 0.05) is 0 Å². The number of nitrogens with two attached hydrogens (primary N) is 1. The zero-order valence-corrected chi connectivity index (χ0v) is 9.78. The van der Waals surface area contributed by atoms with E-state index in [1.165, 1.54) is 0 Å². The average Bonchev–Trinajstić information content (AvgIpc) is 2.57. The summed E-state index contributed by atoms with van der Waals surface area (Å²) in [6, 6.07) is 6.11. The molecule has 1 aromatic heterocycles. The molecule has 0 amide bonds. The van der Waals surface area contributed by atoms with Crippen LogP contribution in [0.4, 0.5) is 0 Å². The fraction of sp³-hybridized carbons (Fsp3) is 0.364. The molecule has 0 saturated carbocycles. The van der Waals surface area contributed by atoms with Gasteiger partial charge < -0.3 is 4.98 Å². The van der Waals surface area contributed by atoms with Crippen molar-refractivity contribution in [3.05, 3.63) is 29.6 Å². The molecule has 1 heterocycles. The lowest BCUT2D eigenvalue weighted by Gasteiger charge is -2.23. The number of fused-ring (bicyclic) bond motifs is 1. The Kier molecular flexibility index (Phi) is 2.91. The van der Waals surface area contributed by atoms with Crippen LogP contribution >= 0.6 is 0 Å². The second-order valence-electron chi connectivity index (χ2n) is 4.13. The molecule has 4 N–H and O–H groups in total. The van der Waals surface area contributed by atoms with E-state index in [0.29, 0.717) is 0 Å². The Morgan fingerprint density at radius 1 is 1.44 bits per heavy atom. The number of hydrogen-bond donors (Lipinski definition) is 3. The second kappa shape index (κ2) is 4.21. The summed E-state index contributed by atoms with van der Waals surface area (Å²) in [5, 5.41) is 0. The third-order valence-corrected chi connectivity index (χ3v) is 2.61. The van der Waals surface area contributed by atoms with Gasteiger partial charge in [0.25, 0.3) is 0 Å². The number of aryl methyl sites for hydroxylation is 1. The molecule has 0 aliphatic heterocycles. The lowest BCUT2D eigenvalue weighted by Crippen LogP contribution is -2.37. The molecule has 1 aromatic carbocycles. The number of nitrogens with zero attached hydrogens (tertiary/aromatic N) is 2. The summed E-state index contributed by atoms with van der Waals surface area (Å²) in [4.78, 5) is 9.60. The third-order valence-electron chi connectivity index (χ3n) is 2.61. The third kappa shape index (κ3) is 1.92. The molecule has 0 radical (unpaired) electrons. The maximum atomic E-state index is 5.54. The Labute approximate surface area is 94.6 Å². The predicted molar refractivity (Wildman–Crippen MR) is 64.6 cm³/mol. The van der Waals surface area contributed by atoms with E-state index in [1.807, 2.05) is 38.1 Å². The first-order valence-electron chi connectivity index (χ1n) is 5.20. The SMILES string of the molecule is Cc1nc2ccc(C(NN)N(C)C)cc2[nH]1. The molecule has 2 aromatic rings. The summed E-state index contributed by atoms with van der Waals surface area (Å²) in [5.41, 5.74) is 5.92. The van der Waals surface area contributed by atoms with E-state index in [0.717, 1.165) is 22.4 Å². The second-order valence-corrected chi connectivity index (χ2v) is 4.13. The number of aromatic amines is 1. The first kappa shape index (κ1) is 11.1. The van der Waals surface area contributed by atoms with Crippen LogP contribution in [0.1, 0.15) is 17.6 Å². The standard InChI is InChI=1S/C11H17N5/c1-7-13-9-5-4-8(6-10(9)14-7)11(15-12)16(2)3/h4-6,11,15H,12H2,1-3H3,(H,13,14). The summed E-state index contributed by atoms with van der Waals surface area (Å²) in [6.45, 7) is 1.95. The molecule has 0 saturated heterocycles. The zero-order chi connectivity index (χ0) is 11.7. The van der Waals surface area contributed by atoms with Gasteiger partial charge in [0.2, 0.25) is 0 Å². The summed E-state index contributed by atoms with van der Waals surface area (Å²) in [5.74, 6) is 6.46. The molecule has 0 bridgehead atoms. The van der Waals surface area contributed by atoms with Crippen LogP contribution in [0.25, 0.3) is 11.0 Å². The maximum absolute atomic E-state index is 5.54. The minimum absolute atomic E-state index is 0.00741. The minimum Gasteiger partial charge on any atom is -0.342 e. The van der Waals surface area contributed by atoms with Crippen molar-refractivity contribution >= 4 is 11.0 Å². The first-order chi connectivity index (χ1) is 7.61. The van der Waals surface area contributed by atoms with Gasteiger partial charge in [0.1, 0.15) is 5.82 Å². The monoisotopic (exact) mass is 219 g/mol. The van der Waals surface area contributed by atoms with Gasteiger partial charge in [-0.3, -0.25) is 10.7 Å². The van der Waals surface area contributed by atoms with Crippen LogP contribution in [0.2, 0.25) is 0 Å². The van der Waals surface area contributed by atoms with Crippen LogP contribution in [-0.4, -0.2) is 29.0 Å². The Morgan fingerprint density at radius 2 is 2.19 bits per heavy atom. The Hall–Kier alpha value is -1.43. The van der Waals surface area contributed by atoms with Crippen LogP contribution in [0.15, 0.2) is 18.2 Å². The van der Waals surface area contributed by atoms with Gasteiger partial charge in [0.15, 0.2) is 0 Å². The van der Waals surface area contributed by atoms with Crippen molar-refractivity contribution < 1.29 is 0 Å². The number of hydrogen-bond acceptors (Lipinski definition) is 4. The van der Waals surface area contributed by atoms with Gasteiger partial charge in [-0.1, -0.05) is 6.07 Å². The van der Waals surface area contributed by atoms with Crippen LogP contribution < -0.4 is 11.3 Å². The highest BCUT2D eigenvalue weighted by molar-refractivity contribution is 5.75. The summed E-state index contributed by atoms with van der Waals surface area (Å²) in [6.07, 6.45) is 0.00741. The molecule has 5 nitrogen and oxygen atoms in total. The normalized spacial score (nSPS) is 13.6. The van der Waals surface area contributed by atoms with Crippen LogP contribution in [0.5, 0.6) is 0 Å². The lowest BCUT2D eigenvalue weighted by atomic mass is 10.1. The van der Waals surface area contributed by atoms with Gasteiger partial charge in [-0.25, -0.2) is 10.4 Å². The Bertz CT molecular complexity index is 488. The van der Waals surface area contributed by atoms with Crippen LogP contribution in [0.3, 0.4) is 0 Å². The van der Waals surface area contributed by atoms with Crippen LogP contribution in [0, 0.1) is 6.92 Å². The van der Waals surface area contributed by atoms with Gasteiger partial charge in [-0.05, 0) is 38.7 Å². The van der Waals surface area contributed by atoms with Crippen molar-refractivity contribution in [2.45, 2.75) is 13.1 Å². The largest absolute Gasteiger partial charge is 0.342 e. The zero-order valence-electron chi connectivity index (χ0n) is 9.78. The predicted octanol–water partition coefficient (Wildman–Crippen LogP) is 0.895. The number of rotatable bonds is 3. The van der Waals surface area contributed by atoms with E-state index >= 15 is 0 Å². The molecular weight excluding hydrogens is 202 g/mol. The molecule has 86 valence electrons. The first-order valence-corrected chi connectivity index (χ1v) is 5.20. The van der Waals surface area contributed by atoms with E-state index < -0.39 is 0 Å². The quantitative estimate of drug-likeness (QED) is 0.407. The number of aromatic nitrogens is 2. The maximum Gasteiger partial charge on any atom is 0.104 e. The highest BCUT2D eigenvalue weighted by Crippen LogP contribution is 2.19. The number of imidazole rings is 1. The van der Waals surface area contributed by atoms with E-state index in [9.17, 15) is 0 Å². The van der Waals surface area contributed by atoms with Gasteiger partial charge >= 0.3 is 0 Å². The van der Waals surface area contributed by atoms with E-state index in [-0.39, 0.29) is 6.17 Å².